The second-order valence-electron chi connectivity index (χ2n) is 4.31. The van der Waals surface area contributed by atoms with Crippen LogP contribution in [-0.2, 0) is 4.79 Å². The molecule has 1 aliphatic heterocycles. The van der Waals surface area contributed by atoms with Gasteiger partial charge in [-0.25, -0.2) is 4.79 Å². The maximum Gasteiger partial charge on any atom is 0.329 e. The predicted octanol–water partition coefficient (Wildman–Crippen LogP) is 2.48. The number of imide groups is 1. The Morgan fingerprint density at radius 2 is 1.42 bits per heavy atom. The third-order valence-electron chi connectivity index (χ3n) is 3.11. The molecule has 3 amide bonds. The first kappa shape index (κ1) is 11.5. The number of nitrogens with one attached hydrogen (secondary N) is 1. The number of benzene rings is 2. The smallest absolute Gasteiger partial charge is 0.277 e. The van der Waals surface area contributed by atoms with Crippen LogP contribution >= 0.6 is 0 Å². The maximum atomic E-state index is 12.0. The van der Waals surface area contributed by atoms with Crippen molar-refractivity contribution in [1.82, 2.24) is 5.32 Å². The minimum absolute atomic E-state index is 0.292. The van der Waals surface area contributed by atoms with E-state index < -0.39 is 6.04 Å². The minimum atomic E-state index is -0.601. The van der Waals surface area contributed by atoms with Gasteiger partial charge in [0, 0.05) is 5.69 Å². The van der Waals surface area contributed by atoms with Crippen LogP contribution in [0.25, 0.3) is 0 Å². The van der Waals surface area contributed by atoms with Gasteiger partial charge in [-0.2, -0.15) is 0 Å². The number of carbonyl (C=O) groups excluding carboxylic acids is 2. The molecule has 1 unspecified atom stereocenters. The zero-order valence-electron chi connectivity index (χ0n) is 10.1. The Balaban J connectivity index is 2.06. The van der Waals surface area contributed by atoms with Crippen LogP contribution in [0.1, 0.15) is 11.6 Å². The van der Waals surface area contributed by atoms with Crippen LogP contribution in [0.15, 0.2) is 60.7 Å². The van der Waals surface area contributed by atoms with Gasteiger partial charge >= 0.3 is 6.03 Å². The van der Waals surface area contributed by atoms with Crippen molar-refractivity contribution < 1.29 is 9.59 Å². The van der Waals surface area contributed by atoms with Crippen LogP contribution in [0.4, 0.5) is 10.5 Å². The summed E-state index contributed by atoms with van der Waals surface area (Å²) in [5, 5.41) is 2.36. The molecule has 0 aliphatic carbocycles. The molecule has 0 radical (unpaired) electrons. The normalized spacial score (nSPS) is 18.5. The number of rotatable bonds is 2. The maximum absolute atomic E-state index is 12.0. The SMILES string of the molecule is O=C1N[11C](=O)C(c2ccccc2)N1c1ccccc1. The highest BCUT2D eigenvalue weighted by molar-refractivity contribution is 6.14. The van der Waals surface area contributed by atoms with Gasteiger partial charge < -0.3 is 0 Å². The number of anilines is 1. The Bertz CT molecular complexity index is 555. The summed E-state index contributed by atoms with van der Waals surface area (Å²) in [6, 6.07) is 17.5. The van der Waals surface area contributed by atoms with Crippen molar-refractivity contribution in [3.8, 4) is 0 Å². The standard InChI is InChI=1S/C15H12N2O2/c18-14-13(11-7-3-1-4-8-11)17(15(19)16-14)12-9-5-2-6-10-12/h1-10,13H,(H,16,18,19)/i14-1. The zero-order chi connectivity index (χ0) is 13.2. The van der Waals surface area contributed by atoms with E-state index in [0.717, 1.165) is 5.56 Å². The summed E-state index contributed by atoms with van der Waals surface area (Å²) in [4.78, 5) is 25.4. The third kappa shape index (κ3) is 1.97. The molecule has 1 fully saturated rings. The Kier molecular flexibility index (Phi) is 2.76. The molecule has 1 N–H and O–H groups in total. The Hall–Kier alpha value is -2.62. The summed E-state index contributed by atoms with van der Waals surface area (Å²) in [6.07, 6.45) is 0. The molecule has 2 aromatic rings. The van der Waals surface area contributed by atoms with Gasteiger partial charge in [0.25, 0.3) is 5.91 Å². The number of hydrogen-bond donors (Lipinski definition) is 1. The van der Waals surface area contributed by atoms with Gasteiger partial charge in [0.15, 0.2) is 0 Å². The summed E-state index contributed by atoms with van der Waals surface area (Å²) in [5.74, 6) is -0.292. The van der Waals surface area contributed by atoms with E-state index >= 15 is 0 Å². The molecule has 1 aliphatic rings. The van der Waals surface area contributed by atoms with Gasteiger partial charge in [-0.15, -0.1) is 0 Å². The van der Waals surface area contributed by atoms with Crippen LogP contribution in [0.3, 0.4) is 0 Å². The van der Waals surface area contributed by atoms with Crippen molar-refractivity contribution >= 4 is 17.6 Å². The molecule has 94 valence electrons. The number of carbonyl (C=O) groups is 2. The number of nitrogens with zero attached hydrogens (tertiary/aromatic N) is 1. The quantitative estimate of drug-likeness (QED) is 0.834. The summed E-state index contributed by atoms with van der Waals surface area (Å²) in [7, 11) is 0. The lowest BCUT2D eigenvalue weighted by molar-refractivity contribution is -0.119. The average molecular weight is 251 g/mol. The zero-order valence-corrected chi connectivity index (χ0v) is 10.1. The Morgan fingerprint density at radius 1 is 0.842 bits per heavy atom. The van der Waals surface area contributed by atoms with Crippen molar-refractivity contribution in [2.24, 2.45) is 0 Å². The van der Waals surface area contributed by atoms with Gasteiger partial charge in [-0.1, -0.05) is 48.5 Å². The highest BCUT2D eigenvalue weighted by atomic mass is 16.2. The van der Waals surface area contributed by atoms with Gasteiger partial charge in [-0.05, 0) is 17.7 Å². The van der Waals surface area contributed by atoms with Crippen molar-refractivity contribution in [2.75, 3.05) is 4.90 Å². The second-order valence-corrected chi connectivity index (χ2v) is 4.31. The van der Waals surface area contributed by atoms with Crippen LogP contribution in [0.5, 0.6) is 0 Å². The van der Waals surface area contributed by atoms with E-state index in [1.165, 1.54) is 4.90 Å². The van der Waals surface area contributed by atoms with Crippen LogP contribution in [-0.4, -0.2) is 11.9 Å². The van der Waals surface area contributed by atoms with E-state index in [4.69, 9.17) is 0 Å². The number of hydrogen-bond acceptors (Lipinski definition) is 2. The minimum Gasteiger partial charge on any atom is -0.277 e. The first-order valence-electron chi connectivity index (χ1n) is 6.01. The van der Waals surface area contributed by atoms with E-state index in [2.05, 4.69) is 5.32 Å². The molecular weight excluding hydrogens is 239 g/mol. The molecular formula is C15H12N2O2. The molecule has 2 aromatic carbocycles. The molecule has 0 bridgehead atoms. The molecule has 0 aromatic heterocycles. The van der Waals surface area contributed by atoms with Crippen molar-refractivity contribution in [3.05, 3.63) is 66.2 Å². The average Bonchev–Trinajstić information content (AvgIpc) is 2.75. The van der Waals surface area contributed by atoms with Gasteiger partial charge in [-0.3, -0.25) is 15.0 Å². The molecule has 0 saturated carbocycles. The van der Waals surface area contributed by atoms with E-state index in [9.17, 15) is 9.59 Å². The van der Waals surface area contributed by atoms with E-state index in [0.29, 0.717) is 5.69 Å². The fourth-order valence-electron chi connectivity index (χ4n) is 2.26. The highest BCUT2D eigenvalue weighted by Crippen LogP contribution is 2.30. The van der Waals surface area contributed by atoms with Gasteiger partial charge in [0.05, 0.1) is 0 Å². The highest BCUT2D eigenvalue weighted by Gasteiger charge is 2.40. The monoisotopic (exact) mass is 251 g/mol. The topological polar surface area (TPSA) is 49.4 Å². The molecule has 1 atom stereocenters. The molecule has 3 rings (SSSR count). The third-order valence-corrected chi connectivity index (χ3v) is 3.11. The summed E-state index contributed by atoms with van der Waals surface area (Å²) in [5.41, 5.74) is 1.51. The second kappa shape index (κ2) is 4.57. The molecule has 19 heavy (non-hydrogen) atoms. The van der Waals surface area contributed by atoms with E-state index in [1.54, 1.807) is 0 Å². The lowest BCUT2D eigenvalue weighted by Gasteiger charge is -2.21. The molecule has 1 saturated heterocycles. The number of amides is 3. The fourth-order valence-corrected chi connectivity index (χ4v) is 2.26. The number of urea groups is 1. The van der Waals surface area contributed by atoms with Crippen molar-refractivity contribution in [2.45, 2.75) is 6.04 Å². The number of para-hydroxylation sites is 1. The molecule has 0 spiro atoms. The fraction of sp³-hybridized carbons (Fsp3) is 0.0667. The lowest BCUT2D eigenvalue weighted by atomic mass is 9.84. The van der Waals surface area contributed by atoms with E-state index in [1.807, 2.05) is 60.7 Å². The van der Waals surface area contributed by atoms with Gasteiger partial charge in [0.1, 0.15) is 6.04 Å². The van der Waals surface area contributed by atoms with E-state index in [-0.39, 0.29) is 11.9 Å². The van der Waals surface area contributed by atoms with Crippen molar-refractivity contribution in [1.29, 1.82) is 0 Å². The molecule has 4 heteroatoms. The predicted molar refractivity (Wildman–Crippen MR) is 71.6 cm³/mol. The van der Waals surface area contributed by atoms with Crippen molar-refractivity contribution in [3.63, 3.8) is 0 Å². The van der Waals surface area contributed by atoms with Crippen LogP contribution in [0, 0.1) is 0 Å². The van der Waals surface area contributed by atoms with Gasteiger partial charge in [0.2, 0.25) is 0 Å². The largest absolute Gasteiger partial charge is 0.329 e. The molecule has 1 heterocycles. The molecule has 4 nitrogen and oxygen atoms in total. The summed E-state index contributed by atoms with van der Waals surface area (Å²) < 4.78 is 0. The Labute approximate surface area is 110 Å². The first-order chi connectivity index (χ1) is 9.27. The summed E-state index contributed by atoms with van der Waals surface area (Å²) >= 11 is 0. The summed E-state index contributed by atoms with van der Waals surface area (Å²) in [6.45, 7) is 0. The Morgan fingerprint density at radius 3 is 2.05 bits per heavy atom. The lowest BCUT2D eigenvalue weighted by Crippen LogP contribution is -2.29. The van der Waals surface area contributed by atoms with Crippen LogP contribution < -0.4 is 10.2 Å². The van der Waals surface area contributed by atoms with Crippen LogP contribution in [0.2, 0.25) is 0 Å². The first-order valence-corrected chi connectivity index (χ1v) is 6.01.